The third-order valence-corrected chi connectivity index (χ3v) is 5.76. The Morgan fingerprint density at radius 1 is 0.812 bits per heavy atom. The van der Waals surface area contributed by atoms with Gasteiger partial charge in [0.1, 0.15) is 18.1 Å². The van der Waals surface area contributed by atoms with Gasteiger partial charge in [0.05, 0.1) is 7.11 Å². The molecule has 0 unspecified atom stereocenters. The van der Waals surface area contributed by atoms with Crippen LogP contribution in [0.2, 0.25) is 0 Å². The normalized spacial score (nSPS) is 11.2. The summed E-state index contributed by atoms with van der Waals surface area (Å²) in [6.45, 7) is 8.18. The number of ether oxygens (including phenoxy) is 2. The zero-order chi connectivity index (χ0) is 22.6. The van der Waals surface area contributed by atoms with Crippen molar-refractivity contribution in [2.75, 3.05) is 33.4 Å². The molecule has 0 saturated carbocycles. The van der Waals surface area contributed by atoms with Crippen molar-refractivity contribution >= 4 is 6.08 Å². The van der Waals surface area contributed by atoms with Gasteiger partial charge in [0.15, 0.2) is 0 Å². The smallest absolute Gasteiger partial charge is 0.119 e. The molecule has 3 rings (SSSR count). The molecule has 168 valence electrons. The van der Waals surface area contributed by atoms with Crippen molar-refractivity contribution in [2.45, 2.75) is 26.7 Å². The molecule has 0 fully saturated rings. The minimum atomic E-state index is 0.727. The fourth-order valence-electron chi connectivity index (χ4n) is 3.76. The van der Waals surface area contributed by atoms with E-state index in [1.54, 1.807) is 7.11 Å². The summed E-state index contributed by atoms with van der Waals surface area (Å²) >= 11 is 0. The highest BCUT2D eigenvalue weighted by Crippen LogP contribution is 2.26. The average molecular weight is 430 g/mol. The molecular weight excluding hydrogens is 394 g/mol. The maximum absolute atomic E-state index is 5.87. The predicted molar refractivity (Wildman–Crippen MR) is 136 cm³/mol. The number of rotatable bonds is 12. The van der Waals surface area contributed by atoms with E-state index in [0.717, 1.165) is 50.6 Å². The molecule has 3 aromatic rings. The van der Waals surface area contributed by atoms with Gasteiger partial charge in [-0.25, -0.2) is 0 Å². The number of likely N-dealkylation sites (N-methyl/N-ethyl adjacent to an activating group) is 1. The summed E-state index contributed by atoms with van der Waals surface area (Å²) in [4.78, 5) is 2.36. The van der Waals surface area contributed by atoms with Gasteiger partial charge in [0.25, 0.3) is 0 Å². The van der Waals surface area contributed by atoms with E-state index >= 15 is 0 Å². The Morgan fingerprint density at radius 2 is 1.50 bits per heavy atom. The Hall–Kier alpha value is -3.04. The van der Waals surface area contributed by atoms with Gasteiger partial charge in [0.2, 0.25) is 0 Å². The largest absolute Gasteiger partial charge is 0.497 e. The molecule has 0 N–H and O–H groups in total. The van der Waals surface area contributed by atoms with Crippen molar-refractivity contribution in [1.29, 1.82) is 0 Å². The third kappa shape index (κ3) is 7.00. The molecule has 0 amide bonds. The zero-order valence-electron chi connectivity index (χ0n) is 19.6. The Labute approximate surface area is 193 Å². The molecule has 0 aromatic heterocycles. The number of nitrogens with zero attached hydrogens (tertiary/aromatic N) is 1. The quantitative estimate of drug-likeness (QED) is 0.319. The van der Waals surface area contributed by atoms with Gasteiger partial charge >= 0.3 is 0 Å². The Balaban J connectivity index is 1.52. The maximum atomic E-state index is 5.87. The van der Waals surface area contributed by atoms with Crippen LogP contribution < -0.4 is 9.47 Å². The molecule has 32 heavy (non-hydrogen) atoms. The van der Waals surface area contributed by atoms with E-state index < -0.39 is 0 Å². The minimum Gasteiger partial charge on any atom is -0.497 e. The lowest BCUT2D eigenvalue weighted by Crippen LogP contribution is -2.27. The van der Waals surface area contributed by atoms with E-state index in [2.05, 4.69) is 91.6 Å². The maximum Gasteiger partial charge on any atom is 0.119 e. The van der Waals surface area contributed by atoms with E-state index in [0.29, 0.717) is 0 Å². The van der Waals surface area contributed by atoms with Crippen molar-refractivity contribution in [3.8, 4) is 22.6 Å². The van der Waals surface area contributed by atoms with Crippen LogP contribution in [0.25, 0.3) is 17.2 Å². The molecule has 0 radical (unpaired) electrons. The van der Waals surface area contributed by atoms with Crippen LogP contribution in [0.3, 0.4) is 0 Å². The zero-order valence-corrected chi connectivity index (χ0v) is 19.6. The van der Waals surface area contributed by atoms with Crippen LogP contribution in [-0.2, 0) is 6.42 Å². The molecule has 0 atom stereocenters. The van der Waals surface area contributed by atoms with Gasteiger partial charge in [-0.05, 0) is 72.5 Å². The Kier molecular flexibility index (Phi) is 9.39. The summed E-state index contributed by atoms with van der Waals surface area (Å²) in [6, 6.07) is 25.3. The van der Waals surface area contributed by atoms with Crippen LogP contribution >= 0.6 is 0 Å². The molecule has 0 bridgehead atoms. The van der Waals surface area contributed by atoms with Crippen LogP contribution in [0.5, 0.6) is 11.5 Å². The van der Waals surface area contributed by atoms with Crippen molar-refractivity contribution in [3.63, 3.8) is 0 Å². The summed E-state index contributed by atoms with van der Waals surface area (Å²) < 4.78 is 11.2. The molecule has 0 spiro atoms. The fraction of sp³-hybridized carbons (Fsp3) is 0.310. The Bertz CT molecular complexity index is 957. The number of aryl methyl sites for hydroxylation is 1. The lowest BCUT2D eigenvalue weighted by Gasteiger charge is -2.17. The molecule has 0 heterocycles. The molecule has 0 saturated heterocycles. The summed E-state index contributed by atoms with van der Waals surface area (Å²) in [6.07, 6.45) is 6.44. The number of benzene rings is 3. The topological polar surface area (TPSA) is 21.7 Å². The van der Waals surface area contributed by atoms with Gasteiger partial charge in [-0.15, -0.1) is 0 Å². The van der Waals surface area contributed by atoms with Gasteiger partial charge in [0, 0.05) is 6.54 Å². The molecule has 0 aliphatic rings. The lowest BCUT2D eigenvalue weighted by molar-refractivity contribution is 0.223. The summed E-state index contributed by atoms with van der Waals surface area (Å²) in [7, 11) is 1.70. The van der Waals surface area contributed by atoms with Crippen LogP contribution in [0.4, 0.5) is 0 Å². The lowest BCUT2D eigenvalue weighted by atomic mass is 9.96. The van der Waals surface area contributed by atoms with E-state index in [1.807, 2.05) is 12.1 Å². The first-order chi connectivity index (χ1) is 15.7. The third-order valence-electron chi connectivity index (χ3n) is 5.76. The van der Waals surface area contributed by atoms with E-state index in [9.17, 15) is 0 Å². The molecular formula is C29H35NO2. The highest BCUT2D eigenvalue weighted by Gasteiger charge is 2.04. The van der Waals surface area contributed by atoms with Crippen molar-refractivity contribution in [2.24, 2.45) is 0 Å². The second-order valence-electron chi connectivity index (χ2n) is 7.77. The summed E-state index contributed by atoms with van der Waals surface area (Å²) in [5.41, 5.74) is 5.07. The first-order valence-electron chi connectivity index (χ1n) is 11.6. The van der Waals surface area contributed by atoms with Gasteiger partial charge < -0.3 is 14.4 Å². The highest BCUT2D eigenvalue weighted by atomic mass is 16.5. The Morgan fingerprint density at radius 3 is 2.19 bits per heavy atom. The fourth-order valence-corrected chi connectivity index (χ4v) is 3.76. The number of hydrogen-bond acceptors (Lipinski definition) is 3. The molecule has 3 heteroatoms. The predicted octanol–water partition coefficient (Wildman–Crippen LogP) is 6.73. The number of hydrogen-bond donors (Lipinski definition) is 0. The van der Waals surface area contributed by atoms with Gasteiger partial charge in [-0.2, -0.15) is 0 Å². The van der Waals surface area contributed by atoms with E-state index in [1.165, 1.54) is 22.3 Å². The van der Waals surface area contributed by atoms with Gasteiger partial charge in [-0.3, -0.25) is 0 Å². The first-order valence-corrected chi connectivity index (χ1v) is 11.6. The van der Waals surface area contributed by atoms with Crippen molar-refractivity contribution in [1.82, 2.24) is 4.90 Å². The standard InChI is InChI=1S/C29H35NO2/c1-4-30(5-2)22-23-32-28-18-14-24(15-19-28)10-6-7-11-25-12-8-9-13-29(25)26-16-20-27(31-3)21-17-26/h6,8-10,12-21H,4-5,7,11,22-23H2,1-3H3. The number of allylic oxidation sites excluding steroid dienone is 1. The van der Waals surface area contributed by atoms with E-state index in [-0.39, 0.29) is 0 Å². The molecule has 0 aliphatic carbocycles. The highest BCUT2D eigenvalue weighted by molar-refractivity contribution is 5.68. The average Bonchev–Trinajstić information content (AvgIpc) is 2.86. The second-order valence-corrected chi connectivity index (χ2v) is 7.77. The molecule has 3 aromatic carbocycles. The molecule has 0 aliphatic heterocycles. The van der Waals surface area contributed by atoms with Crippen LogP contribution in [0, 0.1) is 0 Å². The summed E-state index contributed by atoms with van der Waals surface area (Å²) in [5, 5.41) is 0. The monoisotopic (exact) mass is 429 g/mol. The van der Waals surface area contributed by atoms with E-state index in [4.69, 9.17) is 9.47 Å². The van der Waals surface area contributed by atoms with Gasteiger partial charge in [-0.1, -0.05) is 74.5 Å². The summed E-state index contributed by atoms with van der Waals surface area (Å²) in [5.74, 6) is 1.82. The van der Waals surface area contributed by atoms with Crippen molar-refractivity contribution in [3.05, 3.63) is 90.0 Å². The van der Waals surface area contributed by atoms with Crippen LogP contribution in [-0.4, -0.2) is 38.3 Å². The van der Waals surface area contributed by atoms with Crippen LogP contribution in [0.15, 0.2) is 78.9 Å². The SMILES string of the molecule is CCN(CC)CCOc1ccc(C=CCCc2ccccc2-c2ccc(OC)cc2)cc1. The first kappa shape index (κ1) is 23.6. The van der Waals surface area contributed by atoms with Crippen LogP contribution in [0.1, 0.15) is 31.4 Å². The number of methoxy groups -OCH3 is 1. The minimum absolute atomic E-state index is 0.727. The van der Waals surface area contributed by atoms with Crippen molar-refractivity contribution < 1.29 is 9.47 Å². The molecule has 3 nitrogen and oxygen atoms in total. The second kappa shape index (κ2) is 12.7.